The summed E-state index contributed by atoms with van der Waals surface area (Å²) in [5.74, 6) is -1.61. The van der Waals surface area contributed by atoms with Crippen molar-refractivity contribution in [2.75, 3.05) is 6.61 Å². The van der Waals surface area contributed by atoms with E-state index in [1.165, 1.54) is 12.4 Å². The van der Waals surface area contributed by atoms with Gasteiger partial charge in [-0.1, -0.05) is 13.8 Å². The Bertz CT molecular complexity index is 585. The van der Waals surface area contributed by atoms with Gasteiger partial charge in [0.25, 0.3) is 5.91 Å². The quantitative estimate of drug-likeness (QED) is 0.847. The Hall–Kier alpha value is -2.02. The van der Waals surface area contributed by atoms with Gasteiger partial charge < -0.3 is 15.2 Å². The monoisotopic (exact) mass is 307 g/mol. The minimum absolute atomic E-state index is 0.0990. The second-order valence-electron chi connectivity index (χ2n) is 6.08. The van der Waals surface area contributed by atoms with E-state index in [1.807, 2.05) is 6.92 Å². The molecule has 0 spiro atoms. The number of nitrogens with one attached hydrogen (secondary N) is 1. The van der Waals surface area contributed by atoms with Crippen molar-refractivity contribution in [3.05, 3.63) is 23.8 Å². The standard InChI is InChI=1S/C15H21N3O4/c1-5-22-11-6-15(13(20)21,14(11,3)4)18-12(19)10-8-16-9(2)7-17-10/h7-8,11H,5-6H2,1-4H3,(H,18,19)(H,20,21)/t11-,15-/m0/s1. The first-order valence-electron chi connectivity index (χ1n) is 7.20. The summed E-state index contributed by atoms with van der Waals surface area (Å²) in [6, 6.07) is 0. The van der Waals surface area contributed by atoms with Crippen LogP contribution >= 0.6 is 0 Å². The summed E-state index contributed by atoms with van der Waals surface area (Å²) in [6.45, 7) is 7.69. The van der Waals surface area contributed by atoms with Crippen molar-refractivity contribution in [3.63, 3.8) is 0 Å². The third-order valence-electron chi connectivity index (χ3n) is 4.47. The summed E-state index contributed by atoms with van der Waals surface area (Å²) in [7, 11) is 0. The van der Waals surface area contributed by atoms with Crippen LogP contribution in [0.5, 0.6) is 0 Å². The van der Waals surface area contributed by atoms with Crippen molar-refractivity contribution in [2.24, 2.45) is 5.41 Å². The van der Waals surface area contributed by atoms with Crippen LogP contribution in [0.2, 0.25) is 0 Å². The van der Waals surface area contributed by atoms with Gasteiger partial charge in [-0.15, -0.1) is 0 Å². The molecule has 0 bridgehead atoms. The number of carboxylic acids is 1. The Kier molecular flexibility index (Phi) is 4.19. The van der Waals surface area contributed by atoms with Crippen LogP contribution in [0, 0.1) is 12.3 Å². The van der Waals surface area contributed by atoms with E-state index in [2.05, 4.69) is 15.3 Å². The van der Waals surface area contributed by atoms with Gasteiger partial charge in [-0.3, -0.25) is 9.78 Å². The number of amides is 1. The van der Waals surface area contributed by atoms with Crippen LogP contribution in [0.3, 0.4) is 0 Å². The van der Waals surface area contributed by atoms with E-state index in [-0.39, 0.29) is 18.2 Å². The fourth-order valence-electron chi connectivity index (χ4n) is 2.80. The van der Waals surface area contributed by atoms with Gasteiger partial charge in [0.1, 0.15) is 11.2 Å². The number of hydrogen-bond donors (Lipinski definition) is 2. The van der Waals surface area contributed by atoms with Crippen LogP contribution in [0.15, 0.2) is 12.4 Å². The van der Waals surface area contributed by atoms with Gasteiger partial charge in [0.05, 0.1) is 18.0 Å². The number of hydrogen-bond acceptors (Lipinski definition) is 5. The minimum atomic E-state index is -1.36. The third kappa shape index (κ3) is 2.45. The fraction of sp³-hybridized carbons (Fsp3) is 0.600. The molecule has 1 heterocycles. The first-order chi connectivity index (χ1) is 10.2. The molecule has 2 atom stereocenters. The lowest BCUT2D eigenvalue weighted by atomic mass is 9.54. The zero-order chi connectivity index (χ0) is 16.5. The van der Waals surface area contributed by atoms with Crippen LogP contribution in [0.1, 0.15) is 43.4 Å². The smallest absolute Gasteiger partial charge is 0.330 e. The molecule has 0 saturated heterocycles. The van der Waals surface area contributed by atoms with Crippen molar-refractivity contribution < 1.29 is 19.4 Å². The lowest BCUT2D eigenvalue weighted by Crippen LogP contribution is -2.76. The molecule has 1 aromatic heterocycles. The van der Waals surface area contributed by atoms with Gasteiger partial charge in [-0.05, 0) is 13.8 Å². The summed E-state index contributed by atoms with van der Waals surface area (Å²) in [5, 5.41) is 12.3. The lowest BCUT2D eigenvalue weighted by Gasteiger charge is -2.58. The summed E-state index contributed by atoms with van der Waals surface area (Å²) in [6.07, 6.45) is 2.83. The number of aliphatic carboxylic acids is 1. The molecule has 2 rings (SSSR count). The van der Waals surface area contributed by atoms with Gasteiger partial charge in [0.2, 0.25) is 0 Å². The molecule has 1 aliphatic rings. The van der Waals surface area contributed by atoms with Gasteiger partial charge >= 0.3 is 5.97 Å². The Morgan fingerprint density at radius 3 is 2.55 bits per heavy atom. The number of nitrogens with zero attached hydrogens (tertiary/aromatic N) is 2. The molecule has 7 nitrogen and oxygen atoms in total. The maximum absolute atomic E-state index is 12.3. The van der Waals surface area contributed by atoms with Crippen LogP contribution < -0.4 is 5.32 Å². The molecule has 22 heavy (non-hydrogen) atoms. The maximum atomic E-state index is 12.3. The molecular weight excluding hydrogens is 286 g/mol. The minimum Gasteiger partial charge on any atom is -0.479 e. The number of carbonyl (C=O) groups is 2. The van der Waals surface area contributed by atoms with E-state index in [0.29, 0.717) is 12.3 Å². The summed E-state index contributed by atoms with van der Waals surface area (Å²) < 4.78 is 5.56. The zero-order valence-corrected chi connectivity index (χ0v) is 13.2. The highest BCUT2D eigenvalue weighted by molar-refractivity contribution is 5.97. The maximum Gasteiger partial charge on any atom is 0.330 e. The number of aromatic nitrogens is 2. The highest BCUT2D eigenvalue weighted by Gasteiger charge is 2.66. The topological polar surface area (TPSA) is 101 Å². The van der Waals surface area contributed by atoms with Crippen molar-refractivity contribution in [3.8, 4) is 0 Å². The fourth-order valence-corrected chi connectivity index (χ4v) is 2.80. The summed E-state index contributed by atoms with van der Waals surface area (Å²) in [4.78, 5) is 32.1. The summed E-state index contributed by atoms with van der Waals surface area (Å²) in [5.41, 5.74) is -1.30. The number of ether oxygens (including phenoxy) is 1. The van der Waals surface area contributed by atoms with Crippen molar-refractivity contribution in [2.45, 2.75) is 45.8 Å². The average molecular weight is 307 g/mol. The van der Waals surface area contributed by atoms with E-state index in [0.717, 1.165) is 0 Å². The second kappa shape index (κ2) is 5.64. The Morgan fingerprint density at radius 2 is 2.09 bits per heavy atom. The zero-order valence-electron chi connectivity index (χ0n) is 13.2. The van der Waals surface area contributed by atoms with Gasteiger partial charge in [0.15, 0.2) is 0 Å². The second-order valence-corrected chi connectivity index (χ2v) is 6.08. The van der Waals surface area contributed by atoms with Crippen molar-refractivity contribution in [1.29, 1.82) is 0 Å². The molecule has 2 N–H and O–H groups in total. The molecule has 0 aliphatic heterocycles. The predicted octanol–water partition coefficient (Wildman–Crippen LogP) is 1.17. The molecule has 1 amide bonds. The molecule has 0 radical (unpaired) electrons. The first-order valence-corrected chi connectivity index (χ1v) is 7.20. The van der Waals surface area contributed by atoms with E-state index in [1.54, 1.807) is 20.8 Å². The third-order valence-corrected chi connectivity index (χ3v) is 4.47. The van der Waals surface area contributed by atoms with Crippen LogP contribution in [-0.4, -0.2) is 45.2 Å². The average Bonchev–Trinajstić information content (AvgIpc) is 2.46. The van der Waals surface area contributed by atoms with Crippen molar-refractivity contribution >= 4 is 11.9 Å². The highest BCUT2D eigenvalue weighted by atomic mass is 16.5. The van der Waals surface area contributed by atoms with Crippen LogP contribution in [0.4, 0.5) is 0 Å². The lowest BCUT2D eigenvalue weighted by molar-refractivity contribution is -0.190. The normalized spacial score (nSPS) is 26.1. The molecule has 0 unspecified atom stereocenters. The summed E-state index contributed by atoms with van der Waals surface area (Å²) >= 11 is 0. The molecule has 0 aromatic carbocycles. The Labute approximate surface area is 129 Å². The molecule has 1 aliphatic carbocycles. The number of carboxylic acid groups (broad SMARTS) is 1. The number of rotatable bonds is 5. The molecule has 1 fully saturated rings. The first kappa shape index (κ1) is 16.4. The largest absolute Gasteiger partial charge is 0.479 e. The SMILES string of the molecule is CCO[C@H]1C[C@](NC(=O)c2cnc(C)cn2)(C(=O)O)C1(C)C. The molecular formula is C15H21N3O4. The van der Waals surface area contributed by atoms with Gasteiger partial charge in [-0.2, -0.15) is 0 Å². The molecule has 1 saturated carbocycles. The van der Waals surface area contributed by atoms with Crippen LogP contribution in [-0.2, 0) is 9.53 Å². The van der Waals surface area contributed by atoms with E-state index < -0.39 is 22.8 Å². The number of carbonyl (C=O) groups excluding carboxylic acids is 1. The van der Waals surface area contributed by atoms with Gasteiger partial charge in [0, 0.05) is 24.6 Å². The Balaban J connectivity index is 2.22. The van der Waals surface area contributed by atoms with E-state index in [4.69, 9.17) is 4.74 Å². The molecule has 1 aromatic rings. The van der Waals surface area contributed by atoms with E-state index in [9.17, 15) is 14.7 Å². The number of aryl methyl sites for hydroxylation is 1. The van der Waals surface area contributed by atoms with Crippen LogP contribution in [0.25, 0.3) is 0 Å². The predicted molar refractivity (Wildman–Crippen MR) is 78.4 cm³/mol. The van der Waals surface area contributed by atoms with Gasteiger partial charge in [-0.25, -0.2) is 9.78 Å². The molecule has 7 heteroatoms. The molecule has 120 valence electrons. The van der Waals surface area contributed by atoms with E-state index >= 15 is 0 Å². The highest BCUT2D eigenvalue weighted by Crippen LogP contribution is 2.51. The Morgan fingerprint density at radius 1 is 1.41 bits per heavy atom. The van der Waals surface area contributed by atoms with Crippen molar-refractivity contribution in [1.82, 2.24) is 15.3 Å².